The number of amides is 1. The smallest absolute Gasteiger partial charge is 0.257 e. The van der Waals surface area contributed by atoms with Crippen LogP contribution in [-0.2, 0) is 14.8 Å². The highest BCUT2D eigenvalue weighted by Crippen LogP contribution is 2.31. The van der Waals surface area contributed by atoms with Crippen molar-refractivity contribution in [2.45, 2.75) is 31.6 Å². The Labute approximate surface area is 119 Å². The van der Waals surface area contributed by atoms with E-state index in [1.54, 1.807) is 13.0 Å². The fourth-order valence-electron chi connectivity index (χ4n) is 1.78. The fraction of sp³-hybridized carbons (Fsp3) is 0.462. The zero-order valence-electron chi connectivity index (χ0n) is 12.1. The minimum atomic E-state index is -3.78. The largest absolute Gasteiger partial charge is 0.483 e. The third-order valence-corrected chi connectivity index (χ3v) is 3.93. The SMILES string of the molecule is CNC(=O)COc1cc(C)c(S(N)(=O)=O)cc1C(C)C. The fourth-order valence-corrected chi connectivity index (χ4v) is 2.57. The van der Waals surface area contributed by atoms with Crippen molar-refractivity contribution in [2.24, 2.45) is 5.14 Å². The molecule has 1 aromatic rings. The molecule has 0 saturated carbocycles. The number of likely N-dealkylation sites (N-methyl/N-ethyl adjacent to an activating group) is 1. The number of benzene rings is 1. The van der Waals surface area contributed by atoms with Crippen LogP contribution in [0.1, 0.15) is 30.9 Å². The summed E-state index contributed by atoms with van der Waals surface area (Å²) in [6.45, 7) is 5.33. The van der Waals surface area contributed by atoms with E-state index in [1.165, 1.54) is 13.1 Å². The van der Waals surface area contributed by atoms with E-state index < -0.39 is 10.0 Å². The molecule has 0 aliphatic carbocycles. The summed E-state index contributed by atoms with van der Waals surface area (Å²) in [6, 6.07) is 3.10. The molecule has 0 aromatic heterocycles. The second kappa shape index (κ2) is 6.23. The van der Waals surface area contributed by atoms with Crippen molar-refractivity contribution in [2.75, 3.05) is 13.7 Å². The molecule has 0 aliphatic heterocycles. The van der Waals surface area contributed by atoms with Gasteiger partial charge in [0.25, 0.3) is 5.91 Å². The molecule has 20 heavy (non-hydrogen) atoms. The van der Waals surface area contributed by atoms with E-state index in [0.29, 0.717) is 16.9 Å². The first-order chi connectivity index (χ1) is 9.16. The number of rotatable bonds is 5. The van der Waals surface area contributed by atoms with Gasteiger partial charge in [0.15, 0.2) is 6.61 Å². The van der Waals surface area contributed by atoms with Gasteiger partial charge in [0.05, 0.1) is 4.90 Å². The average Bonchev–Trinajstić information content (AvgIpc) is 2.33. The maximum atomic E-state index is 11.5. The number of nitrogens with two attached hydrogens (primary N) is 1. The molecule has 0 atom stereocenters. The zero-order valence-corrected chi connectivity index (χ0v) is 12.9. The Bertz CT molecular complexity index is 609. The van der Waals surface area contributed by atoms with Crippen LogP contribution in [-0.4, -0.2) is 28.0 Å². The normalized spacial score (nSPS) is 11.5. The number of ether oxygens (including phenoxy) is 1. The van der Waals surface area contributed by atoms with Gasteiger partial charge < -0.3 is 10.1 Å². The molecule has 1 aromatic carbocycles. The van der Waals surface area contributed by atoms with Gasteiger partial charge in [-0.05, 0) is 36.1 Å². The Kier molecular flexibility index (Phi) is 5.13. The van der Waals surface area contributed by atoms with Gasteiger partial charge in [-0.3, -0.25) is 4.79 Å². The number of carbonyl (C=O) groups is 1. The minimum absolute atomic E-state index is 0.0378. The van der Waals surface area contributed by atoms with E-state index in [4.69, 9.17) is 9.88 Å². The summed E-state index contributed by atoms with van der Waals surface area (Å²) in [5.41, 5.74) is 1.19. The Hall–Kier alpha value is -1.60. The Morgan fingerprint density at radius 2 is 2.00 bits per heavy atom. The third kappa shape index (κ3) is 3.94. The number of carbonyl (C=O) groups excluding carboxylic acids is 1. The highest BCUT2D eigenvalue weighted by atomic mass is 32.2. The van der Waals surface area contributed by atoms with E-state index >= 15 is 0 Å². The van der Waals surface area contributed by atoms with Gasteiger partial charge >= 0.3 is 0 Å². The second-order valence-corrected chi connectivity index (χ2v) is 6.35. The first-order valence-corrected chi connectivity index (χ1v) is 7.72. The molecule has 0 aliphatic rings. The van der Waals surface area contributed by atoms with E-state index in [-0.39, 0.29) is 23.3 Å². The molecule has 0 heterocycles. The van der Waals surface area contributed by atoms with Gasteiger partial charge in [-0.2, -0.15) is 0 Å². The zero-order chi connectivity index (χ0) is 15.5. The molecular weight excluding hydrogens is 280 g/mol. The first kappa shape index (κ1) is 16.5. The van der Waals surface area contributed by atoms with Crippen LogP contribution in [0.3, 0.4) is 0 Å². The molecule has 1 rings (SSSR count). The Balaban J connectivity index is 3.25. The number of sulfonamides is 1. The van der Waals surface area contributed by atoms with Gasteiger partial charge in [0, 0.05) is 7.05 Å². The van der Waals surface area contributed by atoms with E-state index in [2.05, 4.69) is 5.32 Å². The van der Waals surface area contributed by atoms with Gasteiger partial charge in [-0.15, -0.1) is 0 Å². The number of primary sulfonamides is 1. The highest BCUT2D eigenvalue weighted by molar-refractivity contribution is 7.89. The van der Waals surface area contributed by atoms with Crippen molar-refractivity contribution in [3.8, 4) is 5.75 Å². The summed E-state index contributed by atoms with van der Waals surface area (Å²) in [4.78, 5) is 11.3. The van der Waals surface area contributed by atoms with Crippen molar-refractivity contribution >= 4 is 15.9 Å². The van der Waals surface area contributed by atoms with Crippen LogP contribution in [0.2, 0.25) is 0 Å². The lowest BCUT2D eigenvalue weighted by molar-refractivity contribution is -0.122. The maximum absolute atomic E-state index is 11.5. The minimum Gasteiger partial charge on any atom is -0.483 e. The van der Waals surface area contributed by atoms with Crippen molar-refractivity contribution in [1.29, 1.82) is 0 Å². The topological polar surface area (TPSA) is 98.5 Å². The van der Waals surface area contributed by atoms with Gasteiger partial charge in [-0.1, -0.05) is 13.8 Å². The molecule has 0 spiro atoms. The lowest BCUT2D eigenvalue weighted by Crippen LogP contribution is -2.25. The third-order valence-electron chi connectivity index (χ3n) is 2.87. The molecule has 0 unspecified atom stereocenters. The molecule has 0 saturated heterocycles. The van der Waals surface area contributed by atoms with Crippen LogP contribution in [0.15, 0.2) is 17.0 Å². The Morgan fingerprint density at radius 3 is 2.45 bits per heavy atom. The number of nitrogens with one attached hydrogen (secondary N) is 1. The summed E-state index contributed by atoms with van der Waals surface area (Å²) < 4.78 is 28.5. The molecule has 0 fully saturated rings. The standard InChI is InChI=1S/C13H20N2O4S/c1-8(2)10-6-12(20(14,17)18)9(3)5-11(10)19-7-13(16)15-4/h5-6,8H,7H2,1-4H3,(H,15,16)(H2,14,17,18). The molecule has 7 heteroatoms. The van der Waals surface area contributed by atoms with Crippen LogP contribution < -0.4 is 15.2 Å². The molecule has 3 N–H and O–H groups in total. The average molecular weight is 300 g/mol. The lowest BCUT2D eigenvalue weighted by atomic mass is 10.0. The van der Waals surface area contributed by atoms with Crippen LogP contribution in [0, 0.1) is 6.92 Å². The molecule has 0 radical (unpaired) electrons. The lowest BCUT2D eigenvalue weighted by Gasteiger charge is -2.16. The molecule has 6 nitrogen and oxygen atoms in total. The second-order valence-electron chi connectivity index (χ2n) is 4.82. The van der Waals surface area contributed by atoms with Crippen LogP contribution in [0.25, 0.3) is 0 Å². The number of hydrogen-bond acceptors (Lipinski definition) is 4. The van der Waals surface area contributed by atoms with Crippen molar-refractivity contribution in [1.82, 2.24) is 5.32 Å². The van der Waals surface area contributed by atoms with Crippen LogP contribution >= 0.6 is 0 Å². The van der Waals surface area contributed by atoms with Gasteiger partial charge in [0.1, 0.15) is 5.75 Å². The highest BCUT2D eigenvalue weighted by Gasteiger charge is 2.18. The summed E-state index contributed by atoms with van der Waals surface area (Å²) in [5, 5.41) is 7.64. The maximum Gasteiger partial charge on any atom is 0.257 e. The summed E-state index contributed by atoms with van der Waals surface area (Å²) in [5.74, 6) is 0.275. The first-order valence-electron chi connectivity index (χ1n) is 6.17. The van der Waals surface area contributed by atoms with Crippen molar-refractivity contribution in [3.63, 3.8) is 0 Å². The van der Waals surface area contributed by atoms with E-state index in [0.717, 1.165) is 0 Å². The summed E-state index contributed by atoms with van der Waals surface area (Å²) in [6.07, 6.45) is 0. The van der Waals surface area contributed by atoms with Crippen LogP contribution in [0.4, 0.5) is 0 Å². The quantitative estimate of drug-likeness (QED) is 0.843. The van der Waals surface area contributed by atoms with Crippen molar-refractivity contribution < 1.29 is 17.9 Å². The Morgan fingerprint density at radius 1 is 1.40 bits per heavy atom. The van der Waals surface area contributed by atoms with E-state index in [9.17, 15) is 13.2 Å². The van der Waals surface area contributed by atoms with Gasteiger partial charge in [0.2, 0.25) is 10.0 Å². The predicted molar refractivity (Wildman–Crippen MR) is 76.2 cm³/mol. The molecule has 112 valence electrons. The monoisotopic (exact) mass is 300 g/mol. The van der Waals surface area contributed by atoms with Gasteiger partial charge in [-0.25, -0.2) is 13.6 Å². The summed E-state index contributed by atoms with van der Waals surface area (Å²) >= 11 is 0. The predicted octanol–water partition coefficient (Wildman–Crippen LogP) is 0.891. The summed E-state index contributed by atoms with van der Waals surface area (Å²) in [7, 11) is -2.26. The number of hydrogen-bond donors (Lipinski definition) is 2. The van der Waals surface area contributed by atoms with Crippen LogP contribution in [0.5, 0.6) is 5.75 Å². The molecule has 1 amide bonds. The molecule has 0 bridgehead atoms. The number of aryl methyl sites for hydroxylation is 1. The van der Waals surface area contributed by atoms with E-state index in [1.807, 2.05) is 13.8 Å². The molecular formula is C13H20N2O4S. The van der Waals surface area contributed by atoms with Crippen molar-refractivity contribution in [3.05, 3.63) is 23.3 Å².